The molecule has 6 heteroatoms. The minimum Gasteiger partial charge on any atom is -0.291 e. The number of hydrogen-bond acceptors (Lipinski definition) is 5. The summed E-state index contributed by atoms with van der Waals surface area (Å²) in [6.45, 7) is 0. The molecule has 0 aliphatic heterocycles. The van der Waals surface area contributed by atoms with Gasteiger partial charge in [-0.2, -0.15) is 8.42 Å². The van der Waals surface area contributed by atoms with Crippen LogP contribution in [0.25, 0.3) is 0 Å². The minimum atomic E-state index is -3.87. The van der Waals surface area contributed by atoms with Crippen molar-refractivity contribution in [2.75, 3.05) is 0 Å². The molecular weight excluding hydrogens is 182 g/mol. The van der Waals surface area contributed by atoms with Gasteiger partial charge in [0.15, 0.2) is 0 Å². The molecular formula is C6H7NO4S. The van der Waals surface area contributed by atoms with Crippen molar-refractivity contribution >= 4 is 10.1 Å². The molecule has 0 fully saturated rings. The highest BCUT2D eigenvalue weighted by molar-refractivity contribution is 7.86. The lowest BCUT2D eigenvalue weighted by atomic mass is 10.4. The van der Waals surface area contributed by atoms with E-state index in [9.17, 15) is 8.42 Å². The maximum atomic E-state index is 11.0. The van der Waals surface area contributed by atoms with Crippen LogP contribution < -0.4 is 5.64 Å². The summed E-state index contributed by atoms with van der Waals surface area (Å²) < 4.78 is 25.9. The van der Waals surface area contributed by atoms with E-state index in [0.29, 0.717) is 0 Å². The first kappa shape index (κ1) is 9.14. The Balaban J connectivity index is 2.99. The van der Waals surface area contributed by atoms with Gasteiger partial charge in [-0.25, -0.2) is 0 Å². The number of nitrogens with one attached hydrogen (secondary N) is 1. The monoisotopic (exact) mass is 189 g/mol. The van der Waals surface area contributed by atoms with Gasteiger partial charge in [-0.1, -0.05) is 23.8 Å². The van der Waals surface area contributed by atoms with E-state index >= 15 is 0 Å². The fourth-order valence-corrected chi connectivity index (χ4v) is 1.37. The van der Waals surface area contributed by atoms with Crippen LogP contribution in [-0.4, -0.2) is 13.6 Å². The van der Waals surface area contributed by atoms with Gasteiger partial charge in [0, 0.05) is 0 Å². The highest BCUT2D eigenvalue weighted by atomic mass is 32.2. The quantitative estimate of drug-likeness (QED) is 0.668. The van der Waals surface area contributed by atoms with Gasteiger partial charge in [0.2, 0.25) is 0 Å². The SMILES string of the molecule is O=S(=O)(ONO)c1ccccc1. The van der Waals surface area contributed by atoms with Crippen molar-refractivity contribution in [1.82, 2.24) is 5.64 Å². The van der Waals surface area contributed by atoms with E-state index in [1.165, 1.54) is 12.1 Å². The lowest BCUT2D eigenvalue weighted by molar-refractivity contribution is -0.0380. The molecule has 0 atom stereocenters. The van der Waals surface area contributed by atoms with Gasteiger partial charge in [0.1, 0.15) is 0 Å². The van der Waals surface area contributed by atoms with Crippen LogP contribution in [0.4, 0.5) is 0 Å². The molecule has 0 heterocycles. The topological polar surface area (TPSA) is 75.6 Å². The Hall–Kier alpha value is -0.950. The van der Waals surface area contributed by atoms with Crippen LogP contribution in [0.3, 0.4) is 0 Å². The van der Waals surface area contributed by atoms with Crippen molar-refractivity contribution in [2.45, 2.75) is 4.90 Å². The molecule has 0 amide bonds. The van der Waals surface area contributed by atoms with Crippen molar-refractivity contribution in [1.29, 1.82) is 0 Å². The van der Waals surface area contributed by atoms with Crippen molar-refractivity contribution in [3.8, 4) is 0 Å². The summed E-state index contributed by atoms with van der Waals surface area (Å²) in [6, 6.07) is 7.48. The Morgan fingerprint density at radius 3 is 2.33 bits per heavy atom. The number of benzene rings is 1. The zero-order valence-corrected chi connectivity index (χ0v) is 6.78. The fraction of sp³-hybridized carbons (Fsp3) is 0. The molecule has 1 rings (SSSR count). The maximum absolute atomic E-state index is 11.0. The second-order valence-electron chi connectivity index (χ2n) is 1.94. The average molecular weight is 189 g/mol. The Morgan fingerprint density at radius 1 is 1.25 bits per heavy atom. The standard InChI is InChI=1S/C6H7NO4S/c8-7-11-12(9,10)6-4-2-1-3-5-6/h1-5,7-8H. The number of hydrogen-bond donors (Lipinski definition) is 2. The largest absolute Gasteiger partial charge is 0.314 e. The molecule has 5 nitrogen and oxygen atoms in total. The van der Waals surface area contributed by atoms with Gasteiger partial charge in [0.25, 0.3) is 0 Å². The van der Waals surface area contributed by atoms with Crippen LogP contribution in [0.5, 0.6) is 0 Å². The van der Waals surface area contributed by atoms with Gasteiger partial charge in [-0.15, -0.1) is 4.28 Å². The molecule has 0 saturated heterocycles. The molecule has 1 aromatic rings. The Labute approximate surface area is 69.6 Å². The predicted octanol–water partition coefficient (Wildman–Crippen LogP) is 0.286. The molecule has 0 unspecified atom stereocenters. The van der Waals surface area contributed by atoms with E-state index in [0.717, 1.165) is 5.64 Å². The third-order valence-electron chi connectivity index (χ3n) is 1.18. The van der Waals surface area contributed by atoms with Crippen LogP contribution in [-0.2, 0) is 14.4 Å². The lowest BCUT2D eigenvalue weighted by Gasteiger charge is -2.00. The summed E-state index contributed by atoms with van der Waals surface area (Å²) >= 11 is 0. The maximum Gasteiger partial charge on any atom is 0.314 e. The molecule has 12 heavy (non-hydrogen) atoms. The van der Waals surface area contributed by atoms with Gasteiger partial charge < -0.3 is 0 Å². The highest BCUT2D eigenvalue weighted by Crippen LogP contribution is 2.08. The average Bonchev–Trinajstić information content (AvgIpc) is 2.06. The molecule has 1 aromatic carbocycles. The van der Waals surface area contributed by atoms with E-state index in [-0.39, 0.29) is 4.90 Å². The number of rotatable bonds is 3. The van der Waals surface area contributed by atoms with Crippen molar-refractivity contribution < 1.29 is 17.9 Å². The smallest absolute Gasteiger partial charge is 0.291 e. The van der Waals surface area contributed by atoms with E-state index in [4.69, 9.17) is 5.21 Å². The van der Waals surface area contributed by atoms with Crippen LogP contribution >= 0.6 is 0 Å². The first-order chi connectivity index (χ1) is 5.67. The summed E-state index contributed by atoms with van der Waals surface area (Å²) in [4.78, 5) is -0.0217. The van der Waals surface area contributed by atoms with Gasteiger partial charge >= 0.3 is 10.1 Å². The first-order valence-electron chi connectivity index (χ1n) is 3.04. The molecule has 0 aromatic heterocycles. The summed E-state index contributed by atoms with van der Waals surface area (Å²) in [5, 5.41) is 8.01. The Bertz CT molecular complexity index is 334. The fourth-order valence-electron chi connectivity index (χ4n) is 0.684. The molecule has 0 bridgehead atoms. The third-order valence-corrected chi connectivity index (χ3v) is 2.32. The van der Waals surface area contributed by atoms with E-state index in [2.05, 4.69) is 4.28 Å². The van der Waals surface area contributed by atoms with Crippen LogP contribution in [0, 0.1) is 0 Å². The van der Waals surface area contributed by atoms with E-state index in [1.54, 1.807) is 18.2 Å². The summed E-state index contributed by atoms with van der Waals surface area (Å²) in [5.41, 5.74) is 1.12. The molecule has 0 radical (unpaired) electrons. The summed E-state index contributed by atoms with van der Waals surface area (Å²) in [5.74, 6) is 0. The molecule has 0 spiro atoms. The highest BCUT2D eigenvalue weighted by Gasteiger charge is 2.13. The van der Waals surface area contributed by atoms with Crippen LogP contribution in [0.1, 0.15) is 0 Å². The van der Waals surface area contributed by atoms with Crippen molar-refractivity contribution in [3.63, 3.8) is 0 Å². The van der Waals surface area contributed by atoms with E-state index < -0.39 is 10.1 Å². The second-order valence-corrected chi connectivity index (χ2v) is 3.49. The second kappa shape index (κ2) is 3.63. The van der Waals surface area contributed by atoms with Crippen molar-refractivity contribution in [2.24, 2.45) is 0 Å². The van der Waals surface area contributed by atoms with Crippen LogP contribution in [0.15, 0.2) is 35.2 Å². The zero-order chi connectivity index (χ0) is 9.03. The zero-order valence-electron chi connectivity index (χ0n) is 5.97. The van der Waals surface area contributed by atoms with Gasteiger partial charge in [-0.3, -0.25) is 5.21 Å². The van der Waals surface area contributed by atoms with Gasteiger partial charge in [-0.05, 0) is 12.1 Å². The normalized spacial score (nSPS) is 11.4. The van der Waals surface area contributed by atoms with Crippen LogP contribution in [0.2, 0.25) is 0 Å². The van der Waals surface area contributed by atoms with Gasteiger partial charge in [0.05, 0.1) is 4.90 Å². The Kier molecular flexibility index (Phi) is 2.77. The Morgan fingerprint density at radius 2 is 1.83 bits per heavy atom. The molecule has 66 valence electrons. The third kappa shape index (κ3) is 2.02. The summed E-state index contributed by atoms with van der Waals surface area (Å²) in [6.07, 6.45) is 0. The predicted molar refractivity (Wildman–Crippen MR) is 39.6 cm³/mol. The minimum absolute atomic E-state index is 0.0217. The molecule has 0 aliphatic carbocycles. The lowest BCUT2D eigenvalue weighted by Crippen LogP contribution is -2.16. The van der Waals surface area contributed by atoms with Crippen molar-refractivity contribution in [3.05, 3.63) is 30.3 Å². The summed E-state index contributed by atoms with van der Waals surface area (Å²) in [7, 11) is -3.87. The van der Waals surface area contributed by atoms with E-state index in [1.807, 2.05) is 0 Å². The molecule has 0 saturated carbocycles. The molecule has 0 aliphatic rings. The first-order valence-corrected chi connectivity index (χ1v) is 4.45. The molecule has 2 N–H and O–H groups in total.